The van der Waals surface area contributed by atoms with Gasteiger partial charge >= 0.3 is 0 Å². The average molecular weight is 288 g/mol. The molecule has 4 aromatic rings. The Labute approximate surface area is 125 Å². The third-order valence-electron chi connectivity index (χ3n) is 3.83. The normalized spacial score (nSPS) is 11.1. The average Bonchev–Trinajstić information content (AvgIpc) is 2.60. The second-order valence-corrected chi connectivity index (χ2v) is 5.12. The van der Waals surface area contributed by atoms with Crippen LogP contribution in [0.25, 0.3) is 32.9 Å². The Morgan fingerprint density at radius 2 is 1.64 bits per heavy atom. The van der Waals surface area contributed by atoms with Gasteiger partial charge < -0.3 is 5.21 Å². The van der Waals surface area contributed by atoms with Crippen LogP contribution in [-0.4, -0.2) is 14.9 Å². The molecule has 22 heavy (non-hydrogen) atoms. The topological polar surface area (TPSA) is 55.1 Å². The molecule has 0 aliphatic heterocycles. The van der Waals surface area contributed by atoms with Crippen LogP contribution in [0, 0.1) is 0 Å². The highest BCUT2D eigenvalue weighted by molar-refractivity contribution is 6.05. The van der Waals surface area contributed by atoms with E-state index in [0.29, 0.717) is 10.1 Å². The van der Waals surface area contributed by atoms with Crippen LogP contribution in [0.15, 0.2) is 71.7 Å². The number of hydrogen-bond donors (Lipinski definition) is 1. The number of hydrogen-bond acceptors (Lipinski definition) is 3. The molecule has 0 spiro atoms. The van der Waals surface area contributed by atoms with Crippen LogP contribution in [0.1, 0.15) is 0 Å². The lowest BCUT2D eigenvalue weighted by molar-refractivity contribution is 0.188. The van der Waals surface area contributed by atoms with Gasteiger partial charge in [-0.25, -0.2) is 4.98 Å². The van der Waals surface area contributed by atoms with E-state index in [1.54, 1.807) is 12.3 Å². The number of nitrogens with zero attached hydrogens (tertiary/aromatic N) is 2. The first-order valence-electron chi connectivity index (χ1n) is 6.94. The largest absolute Gasteiger partial charge is 0.423 e. The summed E-state index contributed by atoms with van der Waals surface area (Å²) in [7, 11) is 0. The smallest absolute Gasteiger partial charge is 0.292 e. The highest BCUT2D eigenvalue weighted by Crippen LogP contribution is 2.26. The van der Waals surface area contributed by atoms with Crippen molar-refractivity contribution in [2.24, 2.45) is 0 Å². The Kier molecular flexibility index (Phi) is 2.69. The molecule has 4 heteroatoms. The fourth-order valence-electron chi connectivity index (χ4n) is 2.75. The number of aromatic nitrogens is 2. The SMILES string of the molecule is O=c1c2cc(-c3ccccc3)ccc2c2cccnc2n1O. The summed E-state index contributed by atoms with van der Waals surface area (Å²) in [5.41, 5.74) is 1.78. The van der Waals surface area contributed by atoms with E-state index in [2.05, 4.69) is 4.98 Å². The second kappa shape index (κ2) is 4.70. The summed E-state index contributed by atoms with van der Waals surface area (Å²) in [5, 5.41) is 12.1. The lowest BCUT2D eigenvalue weighted by atomic mass is 10.0. The van der Waals surface area contributed by atoms with Crippen molar-refractivity contribution >= 4 is 21.8 Å². The van der Waals surface area contributed by atoms with Crippen molar-refractivity contribution in [3.8, 4) is 11.1 Å². The van der Waals surface area contributed by atoms with E-state index in [4.69, 9.17) is 0 Å². The van der Waals surface area contributed by atoms with Crippen molar-refractivity contribution in [1.82, 2.24) is 9.71 Å². The Morgan fingerprint density at radius 1 is 0.818 bits per heavy atom. The molecule has 0 bridgehead atoms. The van der Waals surface area contributed by atoms with Crippen LogP contribution in [0.5, 0.6) is 0 Å². The Hall–Kier alpha value is -3.14. The van der Waals surface area contributed by atoms with E-state index in [1.807, 2.05) is 54.6 Å². The van der Waals surface area contributed by atoms with Crippen molar-refractivity contribution in [3.05, 3.63) is 77.2 Å². The van der Waals surface area contributed by atoms with Gasteiger partial charge in [0.05, 0.1) is 5.39 Å². The Morgan fingerprint density at radius 3 is 2.45 bits per heavy atom. The van der Waals surface area contributed by atoms with Crippen molar-refractivity contribution in [2.75, 3.05) is 0 Å². The number of pyridine rings is 2. The third-order valence-corrected chi connectivity index (χ3v) is 3.83. The van der Waals surface area contributed by atoms with Crippen molar-refractivity contribution in [3.63, 3.8) is 0 Å². The molecule has 4 nitrogen and oxygen atoms in total. The lowest BCUT2D eigenvalue weighted by Crippen LogP contribution is -2.19. The van der Waals surface area contributed by atoms with Gasteiger partial charge in [0.25, 0.3) is 5.56 Å². The molecule has 2 aromatic heterocycles. The monoisotopic (exact) mass is 288 g/mol. The number of benzene rings is 2. The van der Waals surface area contributed by atoms with E-state index in [1.165, 1.54) is 0 Å². The summed E-state index contributed by atoms with van der Waals surface area (Å²) >= 11 is 0. The Balaban J connectivity index is 2.12. The number of fused-ring (bicyclic) bond motifs is 3. The summed E-state index contributed by atoms with van der Waals surface area (Å²) in [5.74, 6) is 0. The number of rotatable bonds is 1. The first-order chi connectivity index (χ1) is 10.8. The first kappa shape index (κ1) is 12.6. The van der Waals surface area contributed by atoms with Gasteiger partial charge in [0.2, 0.25) is 0 Å². The maximum Gasteiger partial charge on any atom is 0.292 e. The lowest BCUT2D eigenvalue weighted by Gasteiger charge is -2.08. The zero-order valence-electron chi connectivity index (χ0n) is 11.6. The summed E-state index contributed by atoms with van der Waals surface area (Å²) in [4.78, 5) is 16.5. The predicted molar refractivity (Wildman–Crippen MR) is 86.1 cm³/mol. The van der Waals surface area contributed by atoms with Crippen LogP contribution >= 0.6 is 0 Å². The summed E-state index contributed by atoms with van der Waals surface area (Å²) < 4.78 is 0.617. The minimum Gasteiger partial charge on any atom is -0.423 e. The van der Waals surface area contributed by atoms with E-state index in [-0.39, 0.29) is 5.65 Å². The predicted octanol–water partition coefficient (Wildman–Crippen LogP) is 3.45. The molecule has 1 N–H and O–H groups in total. The van der Waals surface area contributed by atoms with Gasteiger partial charge in [-0.05, 0) is 34.7 Å². The molecule has 0 aliphatic rings. The maximum atomic E-state index is 12.4. The molecule has 0 aliphatic carbocycles. The van der Waals surface area contributed by atoms with Crippen LogP contribution in [0.4, 0.5) is 0 Å². The molecular formula is C18H12N2O2. The minimum atomic E-state index is -0.459. The zero-order valence-corrected chi connectivity index (χ0v) is 11.6. The van der Waals surface area contributed by atoms with Crippen LogP contribution < -0.4 is 5.56 Å². The molecule has 0 atom stereocenters. The van der Waals surface area contributed by atoms with E-state index in [0.717, 1.165) is 21.9 Å². The van der Waals surface area contributed by atoms with Crippen LogP contribution in [0.3, 0.4) is 0 Å². The Bertz CT molecular complexity index is 1050. The van der Waals surface area contributed by atoms with Gasteiger partial charge in [-0.15, -0.1) is 4.73 Å². The maximum absolute atomic E-state index is 12.4. The van der Waals surface area contributed by atoms with Crippen molar-refractivity contribution in [1.29, 1.82) is 0 Å². The van der Waals surface area contributed by atoms with Gasteiger partial charge in [0, 0.05) is 11.6 Å². The third kappa shape index (κ3) is 1.78. The van der Waals surface area contributed by atoms with E-state index >= 15 is 0 Å². The van der Waals surface area contributed by atoms with Gasteiger partial charge in [-0.2, -0.15) is 0 Å². The van der Waals surface area contributed by atoms with E-state index < -0.39 is 5.56 Å². The molecular weight excluding hydrogens is 276 g/mol. The molecule has 2 heterocycles. The molecule has 106 valence electrons. The quantitative estimate of drug-likeness (QED) is 0.431. The molecule has 0 saturated heterocycles. The molecule has 0 radical (unpaired) electrons. The molecule has 4 rings (SSSR count). The van der Waals surface area contributed by atoms with Crippen LogP contribution in [0.2, 0.25) is 0 Å². The van der Waals surface area contributed by atoms with Gasteiger partial charge in [0.15, 0.2) is 5.65 Å². The molecule has 0 amide bonds. The summed E-state index contributed by atoms with van der Waals surface area (Å²) in [6.45, 7) is 0. The minimum absolute atomic E-state index is 0.271. The fourth-order valence-corrected chi connectivity index (χ4v) is 2.75. The highest BCUT2D eigenvalue weighted by atomic mass is 16.5. The highest BCUT2D eigenvalue weighted by Gasteiger charge is 2.11. The second-order valence-electron chi connectivity index (χ2n) is 5.12. The molecule has 0 fully saturated rings. The van der Waals surface area contributed by atoms with Crippen LogP contribution in [-0.2, 0) is 0 Å². The van der Waals surface area contributed by atoms with Gasteiger partial charge in [-0.3, -0.25) is 4.79 Å². The zero-order chi connectivity index (χ0) is 15.1. The van der Waals surface area contributed by atoms with Crippen molar-refractivity contribution in [2.45, 2.75) is 0 Å². The van der Waals surface area contributed by atoms with Crippen molar-refractivity contribution < 1.29 is 5.21 Å². The molecule has 0 saturated carbocycles. The standard InChI is InChI=1S/C18H12N2O2/c21-18-16-11-13(12-5-2-1-3-6-12)8-9-14(16)15-7-4-10-19-17(15)20(18)22/h1-11,22H. The van der Waals surface area contributed by atoms with Gasteiger partial charge in [0.1, 0.15) is 0 Å². The van der Waals surface area contributed by atoms with E-state index in [9.17, 15) is 10.0 Å². The fraction of sp³-hybridized carbons (Fsp3) is 0. The molecule has 2 aromatic carbocycles. The first-order valence-corrected chi connectivity index (χ1v) is 6.94. The molecule has 0 unspecified atom stereocenters. The van der Waals surface area contributed by atoms with Gasteiger partial charge in [-0.1, -0.05) is 42.5 Å². The summed E-state index contributed by atoms with van der Waals surface area (Å²) in [6, 6.07) is 19.2. The summed E-state index contributed by atoms with van der Waals surface area (Å²) in [6.07, 6.45) is 1.55.